The van der Waals surface area contributed by atoms with Crippen molar-refractivity contribution in [2.75, 3.05) is 5.32 Å². The van der Waals surface area contributed by atoms with Gasteiger partial charge in [-0.3, -0.25) is 9.59 Å². The van der Waals surface area contributed by atoms with Crippen LogP contribution in [0, 0.1) is 0 Å². The first kappa shape index (κ1) is 21.9. The molecule has 1 heterocycles. The van der Waals surface area contributed by atoms with E-state index in [2.05, 4.69) is 31.3 Å². The molecule has 1 aromatic heterocycles. The van der Waals surface area contributed by atoms with Crippen LogP contribution in [-0.2, 0) is 12.8 Å². The molecular weight excluding hydrogens is 487 g/mol. The number of carbonyl (C=O) groups excluding carboxylic acids is 2. The van der Waals surface area contributed by atoms with E-state index in [1.54, 1.807) is 41.2 Å². The summed E-state index contributed by atoms with van der Waals surface area (Å²) in [6.45, 7) is 4.18. The number of para-hydroxylation sites is 1. The van der Waals surface area contributed by atoms with Gasteiger partial charge in [0.15, 0.2) is 18.1 Å². The van der Waals surface area contributed by atoms with Crippen molar-refractivity contribution < 1.29 is 38.1 Å². The molecule has 0 saturated heterocycles. The highest BCUT2D eigenvalue weighted by atomic mass is 127. The molecule has 0 radical (unpaired) electrons. The molecular formula is C25H23IN2O2. The van der Waals surface area contributed by atoms with Crippen LogP contribution in [0.5, 0.6) is 0 Å². The molecule has 1 N–H and O–H groups in total. The van der Waals surface area contributed by atoms with E-state index in [1.165, 1.54) is 0 Å². The molecule has 30 heavy (non-hydrogen) atoms. The maximum Gasteiger partial charge on any atom is 0.286 e. The van der Waals surface area contributed by atoms with Gasteiger partial charge >= 0.3 is 0 Å². The smallest absolute Gasteiger partial charge is 0.286 e. The number of nitrogens with one attached hydrogen (secondary N) is 1. The number of benzene rings is 2. The minimum atomic E-state index is -0.167. The van der Waals surface area contributed by atoms with Crippen LogP contribution in [0.25, 0.3) is 5.70 Å². The van der Waals surface area contributed by atoms with Crippen LogP contribution in [0.1, 0.15) is 45.7 Å². The van der Waals surface area contributed by atoms with Crippen LogP contribution in [-0.4, -0.2) is 11.6 Å². The van der Waals surface area contributed by atoms with E-state index in [9.17, 15) is 9.59 Å². The predicted octanol–water partition coefficient (Wildman–Crippen LogP) is 1.46. The second kappa shape index (κ2) is 9.34. The maximum atomic E-state index is 13.5. The van der Waals surface area contributed by atoms with Gasteiger partial charge in [-0.1, -0.05) is 62.4 Å². The minimum absolute atomic E-state index is 0. The first-order valence-electron chi connectivity index (χ1n) is 9.92. The fourth-order valence-corrected chi connectivity index (χ4v) is 3.80. The van der Waals surface area contributed by atoms with Gasteiger partial charge in [0.05, 0.1) is 0 Å². The quantitative estimate of drug-likeness (QED) is 0.418. The van der Waals surface area contributed by atoms with Crippen LogP contribution in [0.4, 0.5) is 5.69 Å². The molecule has 152 valence electrons. The van der Waals surface area contributed by atoms with Crippen molar-refractivity contribution in [1.82, 2.24) is 0 Å². The highest BCUT2D eigenvalue weighted by Crippen LogP contribution is 2.30. The molecule has 4 nitrogen and oxygen atoms in total. The Morgan fingerprint density at radius 1 is 0.733 bits per heavy atom. The number of hydrogen-bond acceptors (Lipinski definition) is 3. The Morgan fingerprint density at radius 3 is 1.87 bits per heavy atom. The van der Waals surface area contributed by atoms with E-state index < -0.39 is 0 Å². The van der Waals surface area contributed by atoms with Crippen LogP contribution in [0.3, 0.4) is 0 Å². The zero-order valence-corrected chi connectivity index (χ0v) is 19.1. The summed E-state index contributed by atoms with van der Waals surface area (Å²) >= 11 is 0. The summed E-state index contributed by atoms with van der Waals surface area (Å²) in [5.74, 6) is -0.328. The Bertz CT molecular complexity index is 1110. The number of Topliss-reactive ketones (excluding diaryl/α,β-unsaturated/α-hetero) is 2. The number of ketones is 2. The first-order chi connectivity index (χ1) is 14.2. The highest BCUT2D eigenvalue weighted by molar-refractivity contribution is 6.36. The Labute approximate surface area is 193 Å². The number of nitrogens with zero attached hydrogens (tertiary/aromatic N) is 1. The summed E-state index contributed by atoms with van der Waals surface area (Å²) in [5, 5.41) is 3.38. The van der Waals surface area contributed by atoms with E-state index in [0.717, 1.165) is 29.7 Å². The third-order valence-corrected chi connectivity index (χ3v) is 5.32. The lowest BCUT2D eigenvalue weighted by molar-refractivity contribution is -0.577. The van der Waals surface area contributed by atoms with Gasteiger partial charge in [-0.2, -0.15) is 4.57 Å². The lowest BCUT2D eigenvalue weighted by atomic mass is 9.89. The van der Waals surface area contributed by atoms with Crippen molar-refractivity contribution >= 4 is 23.0 Å². The van der Waals surface area contributed by atoms with E-state index in [0.29, 0.717) is 22.5 Å². The molecule has 5 heteroatoms. The van der Waals surface area contributed by atoms with Crippen molar-refractivity contribution in [3.8, 4) is 0 Å². The van der Waals surface area contributed by atoms with Crippen molar-refractivity contribution in [3.63, 3.8) is 0 Å². The number of halogens is 1. The number of allylic oxidation sites excluding steroid dienone is 2. The average Bonchev–Trinajstić information content (AvgIpc) is 2.78. The molecule has 0 unspecified atom stereocenters. The number of rotatable bonds is 5. The second-order valence-electron chi connectivity index (χ2n) is 6.99. The van der Waals surface area contributed by atoms with Gasteiger partial charge in [0.25, 0.3) is 11.5 Å². The average molecular weight is 510 g/mol. The Kier molecular flexibility index (Phi) is 6.82. The fraction of sp³-hybridized carbons (Fsp3) is 0.160. The molecule has 0 saturated carbocycles. The van der Waals surface area contributed by atoms with E-state index >= 15 is 0 Å². The minimum Gasteiger partial charge on any atom is -1.00 e. The van der Waals surface area contributed by atoms with E-state index in [-0.39, 0.29) is 35.5 Å². The molecule has 0 amide bonds. The van der Waals surface area contributed by atoms with Crippen molar-refractivity contribution in [2.24, 2.45) is 0 Å². The second-order valence-corrected chi connectivity index (χ2v) is 6.99. The van der Waals surface area contributed by atoms with Crippen LogP contribution >= 0.6 is 0 Å². The van der Waals surface area contributed by atoms with Gasteiger partial charge in [0.2, 0.25) is 5.78 Å². The maximum absolute atomic E-state index is 13.5. The summed E-state index contributed by atoms with van der Waals surface area (Å²) < 4.78 is 1.72. The van der Waals surface area contributed by atoms with Gasteiger partial charge in [0.1, 0.15) is 0 Å². The Morgan fingerprint density at radius 2 is 1.30 bits per heavy atom. The summed E-state index contributed by atoms with van der Waals surface area (Å²) in [6.07, 6.45) is 5.25. The standard InChI is InChI=1S/C25H22N2O2.HI/c1-3-17-11-10-12-18(4-2)21(17)26-22-23(27-15-8-5-9-16-27)25(29)20-14-7-6-13-19(20)24(22)28;/h5-16H,3-4H2,1-2H3;1H. The number of pyridine rings is 1. The molecule has 2 aromatic carbocycles. The highest BCUT2D eigenvalue weighted by Gasteiger charge is 2.38. The number of fused-ring (bicyclic) bond motifs is 1. The Balaban J connectivity index is 0.00000256. The van der Waals surface area contributed by atoms with E-state index in [4.69, 9.17) is 0 Å². The summed E-state index contributed by atoms with van der Waals surface area (Å²) in [6, 6.07) is 18.7. The first-order valence-corrected chi connectivity index (χ1v) is 9.92. The van der Waals surface area contributed by atoms with E-state index in [1.807, 2.05) is 24.3 Å². The van der Waals surface area contributed by atoms with Crippen LogP contribution in [0.2, 0.25) is 0 Å². The predicted molar refractivity (Wildman–Crippen MR) is 114 cm³/mol. The fourth-order valence-electron chi connectivity index (χ4n) is 3.80. The van der Waals surface area contributed by atoms with Gasteiger partial charge in [-0.15, -0.1) is 0 Å². The number of anilines is 1. The molecule has 0 aliphatic heterocycles. The third kappa shape index (κ3) is 3.81. The number of carbonyl (C=O) groups is 2. The molecule has 3 aromatic rings. The number of aryl methyl sites for hydroxylation is 2. The van der Waals surface area contributed by atoms with Crippen molar-refractivity contribution in [3.05, 3.63) is 101 Å². The zero-order valence-electron chi connectivity index (χ0n) is 17.0. The zero-order chi connectivity index (χ0) is 20.4. The van der Waals surface area contributed by atoms with Gasteiger partial charge in [0, 0.05) is 28.9 Å². The molecule has 1 aliphatic carbocycles. The Hall–Kier alpha value is -2.80. The molecule has 0 bridgehead atoms. The number of hydrogen-bond donors (Lipinski definition) is 1. The molecule has 0 spiro atoms. The van der Waals surface area contributed by atoms with Crippen molar-refractivity contribution in [2.45, 2.75) is 26.7 Å². The monoisotopic (exact) mass is 510 g/mol. The molecule has 4 rings (SSSR count). The van der Waals surface area contributed by atoms with Gasteiger partial charge in [-0.05, 0) is 24.0 Å². The lowest BCUT2D eigenvalue weighted by Gasteiger charge is -2.21. The largest absolute Gasteiger partial charge is 1.00 e. The molecule has 1 aliphatic rings. The summed E-state index contributed by atoms with van der Waals surface area (Å²) in [7, 11) is 0. The topological polar surface area (TPSA) is 50.1 Å². The van der Waals surface area contributed by atoms with Crippen LogP contribution < -0.4 is 33.9 Å². The lowest BCUT2D eigenvalue weighted by Crippen LogP contribution is -3.00. The number of aromatic nitrogens is 1. The third-order valence-electron chi connectivity index (χ3n) is 5.32. The van der Waals surface area contributed by atoms with Crippen LogP contribution in [0.15, 0.2) is 78.8 Å². The van der Waals surface area contributed by atoms with Crippen molar-refractivity contribution in [1.29, 1.82) is 0 Å². The molecule has 0 atom stereocenters. The van der Waals surface area contributed by atoms with Gasteiger partial charge in [-0.25, -0.2) is 0 Å². The summed E-state index contributed by atoms with van der Waals surface area (Å²) in [5.41, 5.74) is 4.70. The summed E-state index contributed by atoms with van der Waals surface area (Å²) in [4.78, 5) is 26.9. The molecule has 0 fully saturated rings. The SMILES string of the molecule is CCc1cccc(CC)c1NC1=C([n+]2ccccc2)C(=O)c2ccccc2C1=O.[I-]. The van der Waals surface area contributed by atoms with Gasteiger partial charge < -0.3 is 29.3 Å². The normalized spacial score (nSPS) is 13.0.